The molecular formula is C16H14N2O. The Bertz CT molecular complexity index is 701. The molecule has 0 aliphatic heterocycles. The standard InChI is InChI=1S/C16H14N2O/c19-16(10-12-4-2-1-3-5-12)18-14-6-7-15-13(11-14)8-9-17-15/h1-9,11,17H,10H2,(H,18,19). The molecule has 2 N–H and O–H groups in total. The van der Waals surface area contributed by atoms with Crippen molar-refractivity contribution in [3.8, 4) is 0 Å². The summed E-state index contributed by atoms with van der Waals surface area (Å²) in [6.07, 6.45) is 2.28. The van der Waals surface area contributed by atoms with E-state index in [9.17, 15) is 4.79 Å². The third-order valence-corrected chi connectivity index (χ3v) is 3.04. The molecule has 0 radical (unpaired) electrons. The van der Waals surface area contributed by atoms with Crippen molar-refractivity contribution in [3.05, 3.63) is 66.4 Å². The van der Waals surface area contributed by atoms with Crippen molar-refractivity contribution in [2.45, 2.75) is 6.42 Å². The molecule has 0 saturated heterocycles. The van der Waals surface area contributed by atoms with Gasteiger partial charge in [0.1, 0.15) is 0 Å². The molecule has 0 aliphatic rings. The molecule has 3 rings (SSSR count). The van der Waals surface area contributed by atoms with Crippen LogP contribution in [0.3, 0.4) is 0 Å². The molecule has 0 spiro atoms. The first-order valence-electron chi connectivity index (χ1n) is 6.22. The molecule has 19 heavy (non-hydrogen) atoms. The van der Waals surface area contributed by atoms with Crippen molar-refractivity contribution in [3.63, 3.8) is 0 Å². The maximum Gasteiger partial charge on any atom is 0.228 e. The van der Waals surface area contributed by atoms with Gasteiger partial charge in [-0.1, -0.05) is 30.3 Å². The highest BCUT2D eigenvalue weighted by Gasteiger charge is 2.04. The second-order valence-electron chi connectivity index (χ2n) is 4.49. The molecule has 2 aromatic carbocycles. The predicted molar refractivity (Wildman–Crippen MR) is 77.1 cm³/mol. The van der Waals surface area contributed by atoms with E-state index in [1.807, 2.05) is 60.8 Å². The van der Waals surface area contributed by atoms with Crippen LogP contribution in [0.1, 0.15) is 5.56 Å². The topological polar surface area (TPSA) is 44.9 Å². The molecule has 0 fully saturated rings. The lowest BCUT2D eigenvalue weighted by Gasteiger charge is -2.05. The molecule has 0 aliphatic carbocycles. The van der Waals surface area contributed by atoms with Gasteiger partial charge in [-0.25, -0.2) is 0 Å². The number of amides is 1. The van der Waals surface area contributed by atoms with E-state index in [4.69, 9.17) is 0 Å². The fourth-order valence-electron chi connectivity index (χ4n) is 2.12. The van der Waals surface area contributed by atoms with E-state index in [-0.39, 0.29) is 5.91 Å². The van der Waals surface area contributed by atoms with Crippen LogP contribution in [0.2, 0.25) is 0 Å². The fraction of sp³-hybridized carbons (Fsp3) is 0.0625. The minimum Gasteiger partial charge on any atom is -0.361 e. The first kappa shape index (κ1) is 11.5. The Morgan fingerprint density at radius 3 is 2.74 bits per heavy atom. The Morgan fingerprint density at radius 2 is 1.89 bits per heavy atom. The van der Waals surface area contributed by atoms with Gasteiger partial charge < -0.3 is 10.3 Å². The zero-order valence-corrected chi connectivity index (χ0v) is 10.4. The zero-order chi connectivity index (χ0) is 13.1. The summed E-state index contributed by atoms with van der Waals surface area (Å²) in [5.74, 6) is 0.00101. The molecule has 1 amide bonds. The lowest BCUT2D eigenvalue weighted by Crippen LogP contribution is -2.14. The maximum absolute atomic E-state index is 11.9. The number of fused-ring (bicyclic) bond motifs is 1. The minimum atomic E-state index is 0.00101. The van der Waals surface area contributed by atoms with Crippen molar-refractivity contribution in [1.82, 2.24) is 4.98 Å². The van der Waals surface area contributed by atoms with Crippen molar-refractivity contribution in [1.29, 1.82) is 0 Å². The number of benzene rings is 2. The van der Waals surface area contributed by atoms with Crippen LogP contribution >= 0.6 is 0 Å². The summed E-state index contributed by atoms with van der Waals surface area (Å²) in [5, 5.41) is 4.01. The van der Waals surface area contributed by atoms with Crippen LogP contribution in [0, 0.1) is 0 Å². The molecule has 1 aromatic heterocycles. The van der Waals surface area contributed by atoms with Gasteiger partial charge in [0.25, 0.3) is 0 Å². The Balaban J connectivity index is 1.72. The van der Waals surface area contributed by atoms with E-state index < -0.39 is 0 Å². The molecular weight excluding hydrogens is 236 g/mol. The molecule has 0 saturated carbocycles. The fourth-order valence-corrected chi connectivity index (χ4v) is 2.12. The Kier molecular flexibility index (Phi) is 3.02. The average Bonchev–Trinajstić information content (AvgIpc) is 2.87. The van der Waals surface area contributed by atoms with Gasteiger partial charge in [-0.15, -0.1) is 0 Å². The number of nitrogens with one attached hydrogen (secondary N) is 2. The van der Waals surface area contributed by atoms with Crippen LogP contribution in [0.15, 0.2) is 60.8 Å². The summed E-state index contributed by atoms with van der Waals surface area (Å²) < 4.78 is 0. The second kappa shape index (κ2) is 4.98. The number of hydrogen-bond donors (Lipinski definition) is 2. The molecule has 1 heterocycles. The molecule has 0 bridgehead atoms. The summed E-state index contributed by atoms with van der Waals surface area (Å²) in [6, 6.07) is 17.6. The molecule has 3 aromatic rings. The number of aromatic amines is 1. The average molecular weight is 250 g/mol. The quantitative estimate of drug-likeness (QED) is 0.735. The highest BCUT2D eigenvalue weighted by atomic mass is 16.1. The van der Waals surface area contributed by atoms with Gasteiger partial charge in [-0.2, -0.15) is 0 Å². The minimum absolute atomic E-state index is 0.00101. The lowest BCUT2D eigenvalue weighted by atomic mass is 10.1. The summed E-state index contributed by atoms with van der Waals surface area (Å²) in [5.41, 5.74) is 2.91. The highest BCUT2D eigenvalue weighted by Crippen LogP contribution is 2.18. The van der Waals surface area contributed by atoms with Gasteiger partial charge in [-0.05, 0) is 29.8 Å². The zero-order valence-electron chi connectivity index (χ0n) is 10.4. The summed E-state index contributed by atoms with van der Waals surface area (Å²) >= 11 is 0. The van der Waals surface area contributed by atoms with Crippen LogP contribution in [0.25, 0.3) is 10.9 Å². The number of hydrogen-bond acceptors (Lipinski definition) is 1. The van der Waals surface area contributed by atoms with E-state index in [1.54, 1.807) is 0 Å². The lowest BCUT2D eigenvalue weighted by molar-refractivity contribution is -0.115. The van der Waals surface area contributed by atoms with Gasteiger partial charge in [0, 0.05) is 22.8 Å². The van der Waals surface area contributed by atoms with Gasteiger partial charge >= 0.3 is 0 Å². The van der Waals surface area contributed by atoms with Crippen LogP contribution in [0.5, 0.6) is 0 Å². The number of H-pyrrole nitrogens is 1. The smallest absolute Gasteiger partial charge is 0.228 e. The third-order valence-electron chi connectivity index (χ3n) is 3.04. The van der Waals surface area contributed by atoms with E-state index in [1.165, 1.54) is 0 Å². The summed E-state index contributed by atoms with van der Waals surface area (Å²) in [4.78, 5) is 15.1. The van der Waals surface area contributed by atoms with Gasteiger partial charge in [0.05, 0.1) is 6.42 Å². The highest BCUT2D eigenvalue weighted by molar-refractivity contribution is 5.94. The largest absolute Gasteiger partial charge is 0.361 e. The van der Waals surface area contributed by atoms with Gasteiger partial charge in [0.2, 0.25) is 5.91 Å². The summed E-state index contributed by atoms with van der Waals surface area (Å²) in [6.45, 7) is 0. The number of anilines is 1. The first-order valence-corrected chi connectivity index (χ1v) is 6.22. The first-order chi connectivity index (χ1) is 9.31. The van der Waals surface area contributed by atoms with Crippen molar-refractivity contribution in [2.24, 2.45) is 0 Å². The summed E-state index contributed by atoms with van der Waals surface area (Å²) in [7, 11) is 0. The normalized spacial score (nSPS) is 10.5. The van der Waals surface area contributed by atoms with E-state index >= 15 is 0 Å². The Hall–Kier alpha value is -2.55. The van der Waals surface area contributed by atoms with E-state index in [0.29, 0.717) is 6.42 Å². The van der Waals surface area contributed by atoms with Crippen LogP contribution in [-0.4, -0.2) is 10.9 Å². The maximum atomic E-state index is 11.9. The Labute approximate surface area is 111 Å². The van der Waals surface area contributed by atoms with Crippen molar-refractivity contribution in [2.75, 3.05) is 5.32 Å². The third kappa shape index (κ3) is 2.65. The van der Waals surface area contributed by atoms with Crippen LogP contribution < -0.4 is 5.32 Å². The van der Waals surface area contributed by atoms with Crippen molar-refractivity contribution >= 4 is 22.5 Å². The predicted octanol–water partition coefficient (Wildman–Crippen LogP) is 3.35. The second-order valence-corrected chi connectivity index (χ2v) is 4.49. The van der Waals surface area contributed by atoms with Crippen LogP contribution in [-0.2, 0) is 11.2 Å². The Morgan fingerprint density at radius 1 is 1.05 bits per heavy atom. The van der Waals surface area contributed by atoms with Crippen molar-refractivity contribution < 1.29 is 4.79 Å². The number of aromatic nitrogens is 1. The number of rotatable bonds is 3. The van der Waals surface area contributed by atoms with Gasteiger partial charge in [0.15, 0.2) is 0 Å². The molecule has 0 atom stereocenters. The van der Waals surface area contributed by atoms with Gasteiger partial charge in [-0.3, -0.25) is 4.79 Å². The number of carbonyl (C=O) groups excluding carboxylic acids is 1. The number of carbonyl (C=O) groups is 1. The van der Waals surface area contributed by atoms with E-state index in [0.717, 1.165) is 22.2 Å². The molecule has 94 valence electrons. The molecule has 0 unspecified atom stereocenters. The van der Waals surface area contributed by atoms with E-state index in [2.05, 4.69) is 10.3 Å². The molecule has 3 nitrogen and oxygen atoms in total. The monoisotopic (exact) mass is 250 g/mol. The molecule has 3 heteroatoms. The SMILES string of the molecule is O=C(Cc1ccccc1)Nc1ccc2[nH]ccc2c1. The van der Waals surface area contributed by atoms with Crippen LogP contribution in [0.4, 0.5) is 5.69 Å².